The zero-order chi connectivity index (χ0) is 19.3. The molecule has 0 bridgehead atoms. The number of nitrogens with zero attached hydrogens (tertiary/aromatic N) is 2. The number of para-hydroxylation sites is 1. The lowest BCUT2D eigenvalue weighted by atomic mass is 9.86. The first-order chi connectivity index (χ1) is 13.1. The van der Waals surface area contributed by atoms with E-state index in [1.54, 1.807) is 0 Å². The van der Waals surface area contributed by atoms with Crippen LogP contribution in [0.2, 0.25) is 0 Å². The summed E-state index contributed by atoms with van der Waals surface area (Å²) in [5.41, 5.74) is 3.95. The fourth-order valence-corrected chi connectivity index (χ4v) is 3.90. The van der Waals surface area contributed by atoms with E-state index in [1.165, 1.54) is 36.2 Å². The average molecular weight is 363 g/mol. The first kappa shape index (κ1) is 19.7. The fraction of sp³-hybridized carbons (Fsp3) is 0.480. The second kappa shape index (κ2) is 8.73. The van der Waals surface area contributed by atoms with Gasteiger partial charge in [0.2, 0.25) is 0 Å². The van der Waals surface area contributed by atoms with Crippen molar-refractivity contribution in [2.45, 2.75) is 65.8 Å². The van der Waals surface area contributed by atoms with E-state index in [0.29, 0.717) is 6.04 Å². The molecule has 2 aromatic carbocycles. The van der Waals surface area contributed by atoms with Crippen molar-refractivity contribution >= 4 is 11.5 Å². The van der Waals surface area contributed by atoms with Crippen molar-refractivity contribution in [2.24, 2.45) is 10.4 Å². The second-order valence-electron chi connectivity index (χ2n) is 8.33. The van der Waals surface area contributed by atoms with Crippen LogP contribution in [-0.4, -0.2) is 17.3 Å². The lowest BCUT2D eigenvalue weighted by Crippen LogP contribution is -2.43. The normalized spacial score (nSPS) is 17.3. The SMILES string of the molecule is CCCCCN1C(C(C)(C)CC)=Nc2ccccc2CC1c1ccccc1. The van der Waals surface area contributed by atoms with E-state index in [4.69, 9.17) is 4.99 Å². The first-order valence-electron chi connectivity index (χ1n) is 10.6. The highest BCUT2D eigenvalue weighted by Gasteiger charge is 2.35. The summed E-state index contributed by atoms with van der Waals surface area (Å²) < 4.78 is 0. The van der Waals surface area contributed by atoms with Crippen molar-refractivity contribution in [3.8, 4) is 0 Å². The molecule has 0 aromatic heterocycles. The number of benzene rings is 2. The quantitative estimate of drug-likeness (QED) is 0.487. The maximum Gasteiger partial charge on any atom is 0.111 e. The van der Waals surface area contributed by atoms with Crippen molar-refractivity contribution in [3.05, 3.63) is 65.7 Å². The molecule has 0 N–H and O–H groups in total. The lowest BCUT2D eigenvalue weighted by molar-refractivity contribution is 0.274. The minimum Gasteiger partial charge on any atom is -0.352 e. The zero-order valence-corrected chi connectivity index (χ0v) is 17.4. The molecule has 0 saturated carbocycles. The van der Waals surface area contributed by atoms with Crippen LogP contribution < -0.4 is 0 Å². The Balaban J connectivity index is 2.11. The Hall–Kier alpha value is -2.09. The van der Waals surface area contributed by atoms with Gasteiger partial charge < -0.3 is 4.90 Å². The van der Waals surface area contributed by atoms with Crippen LogP contribution >= 0.6 is 0 Å². The molecule has 1 aliphatic rings. The molecule has 1 heterocycles. The molecule has 1 unspecified atom stereocenters. The van der Waals surface area contributed by atoms with Gasteiger partial charge in [-0.25, -0.2) is 4.99 Å². The summed E-state index contributed by atoms with van der Waals surface area (Å²) in [6, 6.07) is 20.0. The van der Waals surface area contributed by atoms with E-state index in [9.17, 15) is 0 Å². The molecule has 0 amide bonds. The van der Waals surface area contributed by atoms with Crippen molar-refractivity contribution < 1.29 is 0 Å². The highest BCUT2D eigenvalue weighted by atomic mass is 15.2. The van der Waals surface area contributed by atoms with E-state index < -0.39 is 0 Å². The fourth-order valence-electron chi connectivity index (χ4n) is 3.90. The van der Waals surface area contributed by atoms with E-state index in [1.807, 2.05) is 0 Å². The van der Waals surface area contributed by atoms with Gasteiger partial charge >= 0.3 is 0 Å². The van der Waals surface area contributed by atoms with Gasteiger partial charge in [0, 0.05) is 12.0 Å². The molecule has 144 valence electrons. The van der Waals surface area contributed by atoms with Crippen molar-refractivity contribution in [1.29, 1.82) is 0 Å². The third kappa shape index (κ3) is 4.43. The van der Waals surface area contributed by atoms with Crippen LogP contribution in [0.5, 0.6) is 0 Å². The van der Waals surface area contributed by atoms with Crippen LogP contribution in [0.1, 0.15) is 70.5 Å². The van der Waals surface area contributed by atoms with Crippen molar-refractivity contribution in [3.63, 3.8) is 0 Å². The Morgan fingerprint density at radius 3 is 2.37 bits per heavy atom. The Morgan fingerprint density at radius 1 is 0.963 bits per heavy atom. The number of fused-ring (bicyclic) bond motifs is 1. The molecule has 27 heavy (non-hydrogen) atoms. The molecule has 0 spiro atoms. The van der Waals surface area contributed by atoms with Crippen LogP contribution in [0.3, 0.4) is 0 Å². The summed E-state index contributed by atoms with van der Waals surface area (Å²) in [5.74, 6) is 1.25. The van der Waals surface area contributed by atoms with Crippen molar-refractivity contribution in [2.75, 3.05) is 6.54 Å². The number of hydrogen-bond acceptors (Lipinski definition) is 2. The van der Waals surface area contributed by atoms with Crippen LogP contribution in [0, 0.1) is 5.41 Å². The maximum absolute atomic E-state index is 5.26. The predicted octanol–water partition coefficient (Wildman–Crippen LogP) is 6.94. The molecular weight excluding hydrogens is 328 g/mol. The highest BCUT2D eigenvalue weighted by Crippen LogP contribution is 2.39. The molecule has 2 nitrogen and oxygen atoms in total. The van der Waals surface area contributed by atoms with E-state index in [0.717, 1.165) is 25.1 Å². The number of amidine groups is 1. The van der Waals surface area contributed by atoms with Crippen LogP contribution in [0.25, 0.3) is 0 Å². The van der Waals surface area contributed by atoms with Gasteiger partial charge in [-0.15, -0.1) is 0 Å². The van der Waals surface area contributed by atoms with Crippen LogP contribution in [0.15, 0.2) is 59.6 Å². The standard InChI is InChI=1S/C25H34N2/c1-5-7-13-18-27-23(20-14-9-8-10-15-20)19-21-16-11-12-17-22(21)26-24(27)25(3,4)6-2/h8-12,14-17,23H,5-7,13,18-19H2,1-4H3. The van der Waals surface area contributed by atoms with Gasteiger partial charge in [0.05, 0.1) is 11.7 Å². The van der Waals surface area contributed by atoms with Gasteiger partial charge in [-0.05, 0) is 36.5 Å². The maximum atomic E-state index is 5.26. The zero-order valence-electron chi connectivity index (χ0n) is 17.4. The molecule has 0 saturated heterocycles. The Bertz CT molecular complexity index is 761. The average Bonchev–Trinajstić information content (AvgIpc) is 2.86. The molecular formula is C25H34N2. The highest BCUT2D eigenvalue weighted by molar-refractivity contribution is 5.91. The minimum absolute atomic E-state index is 0.0523. The van der Waals surface area contributed by atoms with Crippen LogP contribution in [-0.2, 0) is 6.42 Å². The van der Waals surface area contributed by atoms with E-state index >= 15 is 0 Å². The van der Waals surface area contributed by atoms with Gasteiger partial charge in [-0.2, -0.15) is 0 Å². The van der Waals surface area contributed by atoms with Gasteiger partial charge in [-0.1, -0.05) is 89.1 Å². The smallest absolute Gasteiger partial charge is 0.111 e. The molecule has 0 aliphatic carbocycles. The number of hydrogen-bond donors (Lipinski definition) is 0. The Labute approximate surface area is 165 Å². The molecule has 1 atom stereocenters. The van der Waals surface area contributed by atoms with Gasteiger partial charge in [0.1, 0.15) is 5.84 Å². The van der Waals surface area contributed by atoms with E-state index in [-0.39, 0.29) is 5.41 Å². The molecule has 0 radical (unpaired) electrons. The summed E-state index contributed by atoms with van der Waals surface area (Å²) in [6.07, 6.45) is 5.83. The first-order valence-corrected chi connectivity index (χ1v) is 10.6. The number of aliphatic imine (C=N–C) groups is 1. The Kier molecular flexibility index (Phi) is 6.36. The summed E-state index contributed by atoms with van der Waals surface area (Å²) in [6.45, 7) is 10.3. The molecule has 0 fully saturated rings. The molecule has 1 aliphatic heterocycles. The topological polar surface area (TPSA) is 15.6 Å². The number of unbranched alkanes of at least 4 members (excludes halogenated alkanes) is 2. The minimum atomic E-state index is 0.0523. The third-order valence-corrected chi connectivity index (χ3v) is 5.96. The lowest BCUT2D eigenvalue weighted by Gasteiger charge is -2.40. The molecule has 3 rings (SSSR count). The monoisotopic (exact) mass is 362 g/mol. The van der Waals surface area contributed by atoms with Gasteiger partial charge in [0.15, 0.2) is 0 Å². The second-order valence-corrected chi connectivity index (χ2v) is 8.33. The van der Waals surface area contributed by atoms with Crippen LogP contribution in [0.4, 0.5) is 5.69 Å². The summed E-state index contributed by atoms with van der Waals surface area (Å²) in [4.78, 5) is 7.88. The van der Waals surface area contributed by atoms with Gasteiger partial charge in [0.25, 0.3) is 0 Å². The van der Waals surface area contributed by atoms with E-state index in [2.05, 4.69) is 87.2 Å². The summed E-state index contributed by atoms with van der Waals surface area (Å²) in [5, 5.41) is 0. The summed E-state index contributed by atoms with van der Waals surface area (Å²) in [7, 11) is 0. The molecule has 2 aromatic rings. The number of rotatable bonds is 7. The van der Waals surface area contributed by atoms with Crippen molar-refractivity contribution in [1.82, 2.24) is 4.90 Å². The predicted molar refractivity (Wildman–Crippen MR) is 117 cm³/mol. The van der Waals surface area contributed by atoms with Gasteiger partial charge in [-0.3, -0.25) is 0 Å². The molecule has 2 heteroatoms. The summed E-state index contributed by atoms with van der Waals surface area (Å²) >= 11 is 0. The Morgan fingerprint density at radius 2 is 1.67 bits per heavy atom. The third-order valence-electron chi connectivity index (χ3n) is 5.96. The largest absolute Gasteiger partial charge is 0.352 e.